The zero-order chi connectivity index (χ0) is 15.2. The summed E-state index contributed by atoms with van der Waals surface area (Å²) in [7, 11) is 4.11. The molecule has 0 N–H and O–H groups in total. The molecular formula is C16H24N2O2S. The number of hydrogen-bond donors (Lipinski definition) is 0. The summed E-state index contributed by atoms with van der Waals surface area (Å²) in [5.41, 5.74) is 0.765. The minimum atomic E-state index is 0.112. The van der Waals surface area contributed by atoms with Crippen molar-refractivity contribution in [2.45, 2.75) is 17.4 Å². The number of benzene rings is 1. The van der Waals surface area contributed by atoms with Crippen LogP contribution in [0.25, 0.3) is 0 Å². The normalized spacial score (nSPS) is 19.0. The number of morpholine rings is 1. The maximum absolute atomic E-state index is 12.5. The van der Waals surface area contributed by atoms with Gasteiger partial charge in [-0.3, -0.25) is 4.79 Å². The molecule has 116 valence electrons. The monoisotopic (exact) mass is 308 g/mol. The van der Waals surface area contributed by atoms with Crippen LogP contribution in [0.5, 0.6) is 0 Å². The molecule has 1 fully saturated rings. The van der Waals surface area contributed by atoms with E-state index < -0.39 is 0 Å². The molecule has 2 rings (SSSR count). The smallest absolute Gasteiger partial charge is 0.254 e. The lowest BCUT2D eigenvalue weighted by Gasteiger charge is -2.33. The molecule has 1 atom stereocenters. The Bertz CT molecular complexity index is 462. The van der Waals surface area contributed by atoms with E-state index in [0.717, 1.165) is 18.5 Å². The van der Waals surface area contributed by atoms with Crippen molar-refractivity contribution in [3.63, 3.8) is 0 Å². The van der Waals surface area contributed by atoms with E-state index in [1.807, 2.05) is 35.4 Å². The van der Waals surface area contributed by atoms with Gasteiger partial charge in [0.2, 0.25) is 0 Å². The standard InChI is InChI=1S/C16H24N2O2S/c1-17(2)9-8-14-12-18(10-11-20-14)16(19)13-4-6-15(21-3)7-5-13/h4-7,14H,8-12H2,1-3H3. The number of ether oxygens (including phenoxy) is 1. The highest BCUT2D eigenvalue weighted by atomic mass is 32.2. The maximum atomic E-state index is 12.5. The quantitative estimate of drug-likeness (QED) is 0.781. The Labute approximate surface area is 131 Å². The van der Waals surface area contributed by atoms with E-state index in [9.17, 15) is 4.79 Å². The van der Waals surface area contributed by atoms with Crippen molar-refractivity contribution < 1.29 is 9.53 Å². The average Bonchev–Trinajstić information content (AvgIpc) is 2.52. The van der Waals surface area contributed by atoms with Crippen LogP contribution >= 0.6 is 11.8 Å². The lowest BCUT2D eigenvalue weighted by Crippen LogP contribution is -2.46. The third kappa shape index (κ3) is 4.73. The van der Waals surface area contributed by atoms with Crippen LogP contribution in [0.2, 0.25) is 0 Å². The zero-order valence-corrected chi connectivity index (χ0v) is 13.9. The van der Waals surface area contributed by atoms with Gasteiger partial charge in [-0.2, -0.15) is 0 Å². The fourth-order valence-electron chi connectivity index (χ4n) is 2.40. The summed E-state index contributed by atoms with van der Waals surface area (Å²) in [6.07, 6.45) is 3.15. The van der Waals surface area contributed by atoms with Crippen LogP contribution in [-0.4, -0.2) is 68.4 Å². The van der Waals surface area contributed by atoms with Gasteiger partial charge in [0.1, 0.15) is 0 Å². The fourth-order valence-corrected chi connectivity index (χ4v) is 2.81. The summed E-state index contributed by atoms with van der Waals surface area (Å²) >= 11 is 1.68. The molecule has 1 amide bonds. The van der Waals surface area contributed by atoms with E-state index in [1.54, 1.807) is 11.8 Å². The fraction of sp³-hybridized carbons (Fsp3) is 0.562. The van der Waals surface area contributed by atoms with Crippen molar-refractivity contribution in [2.24, 2.45) is 0 Å². The van der Waals surface area contributed by atoms with Gasteiger partial charge < -0.3 is 14.5 Å². The first kappa shape index (κ1) is 16.3. The van der Waals surface area contributed by atoms with E-state index in [4.69, 9.17) is 4.74 Å². The summed E-state index contributed by atoms with van der Waals surface area (Å²) in [5, 5.41) is 0. The van der Waals surface area contributed by atoms with Gasteiger partial charge in [0.15, 0.2) is 0 Å². The molecule has 0 radical (unpaired) electrons. The highest BCUT2D eigenvalue weighted by Gasteiger charge is 2.24. The van der Waals surface area contributed by atoms with Crippen molar-refractivity contribution in [1.29, 1.82) is 0 Å². The molecule has 0 aromatic heterocycles. The van der Waals surface area contributed by atoms with Gasteiger partial charge in [0.05, 0.1) is 12.7 Å². The Hall–Kier alpha value is -1.04. The van der Waals surface area contributed by atoms with E-state index >= 15 is 0 Å². The first-order valence-electron chi connectivity index (χ1n) is 7.30. The first-order chi connectivity index (χ1) is 10.1. The van der Waals surface area contributed by atoms with Crippen LogP contribution in [0.1, 0.15) is 16.8 Å². The summed E-state index contributed by atoms with van der Waals surface area (Å²) in [6.45, 7) is 2.99. The summed E-state index contributed by atoms with van der Waals surface area (Å²) < 4.78 is 5.76. The molecule has 0 saturated carbocycles. The van der Waals surface area contributed by atoms with Gasteiger partial charge in [-0.05, 0) is 51.0 Å². The number of amides is 1. The number of thioether (sulfide) groups is 1. The molecule has 0 bridgehead atoms. The number of nitrogens with zero attached hydrogens (tertiary/aromatic N) is 2. The second-order valence-corrected chi connectivity index (χ2v) is 6.44. The lowest BCUT2D eigenvalue weighted by atomic mass is 10.1. The van der Waals surface area contributed by atoms with Gasteiger partial charge >= 0.3 is 0 Å². The molecule has 1 aromatic carbocycles. The van der Waals surface area contributed by atoms with E-state index in [2.05, 4.69) is 19.0 Å². The zero-order valence-electron chi connectivity index (χ0n) is 13.0. The Morgan fingerprint density at radius 2 is 2.10 bits per heavy atom. The Balaban J connectivity index is 1.94. The molecular weight excluding hydrogens is 284 g/mol. The Morgan fingerprint density at radius 1 is 1.38 bits per heavy atom. The van der Waals surface area contributed by atoms with Crippen LogP contribution in [0.3, 0.4) is 0 Å². The summed E-state index contributed by atoms with van der Waals surface area (Å²) in [5.74, 6) is 0.112. The largest absolute Gasteiger partial charge is 0.374 e. The molecule has 5 heteroatoms. The van der Waals surface area contributed by atoms with Gasteiger partial charge in [0.25, 0.3) is 5.91 Å². The Morgan fingerprint density at radius 3 is 2.71 bits per heavy atom. The molecule has 1 aliphatic heterocycles. The third-order valence-corrected chi connectivity index (χ3v) is 4.40. The number of carbonyl (C=O) groups is 1. The molecule has 0 aliphatic carbocycles. The van der Waals surface area contributed by atoms with E-state index in [0.29, 0.717) is 19.7 Å². The summed E-state index contributed by atoms with van der Waals surface area (Å²) in [4.78, 5) is 17.8. The molecule has 1 saturated heterocycles. The molecule has 1 unspecified atom stereocenters. The number of rotatable bonds is 5. The average molecular weight is 308 g/mol. The third-order valence-electron chi connectivity index (χ3n) is 3.66. The minimum Gasteiger partial charge on any atom is -0.374 e. The van der Waals surface area contributed by atoms with Crippen molar-refractivity contribution in [3.05, 3.63) is 29.8 Å². The maximum Gasteiger partial charge on any atom is 0.254 e. The van der Waals surface area contributed by atoms with Gasteiger partial charge in [0, 0.05) is 30.1 Å². The topological polar surface area (TPSA) is 32.8 Å². The number of carbonyl (C=O) groups excluding carboxylic acids is 1. The van der Waals surface area contributed by atoms with Crippen molar-refractivity contribution in [2.75, 3.05) is 46.6 Å². The van der Waals surface area contributed by atoms with Crippen LogP contribution < -0.4 is 0 Å². The first-order valence-corrected chi connectivity index (χ1v) is 8.52. The van der Waals surface area contributed by atoms with E-state index in [-0.39, 0.29) is 12.0 Å². The second-order valence-electron chi connectivity index (χ2n) is 5.56. The van der Waals surface area contributed by atoms with Crippen molar-refractivity contribution in [3.8, 4) is 0 Å². The molecule has 0 spiro atoms. The molecule has 21 heavy (non-hydrogen) atoms. The van der Waals surface area contributed by atoms with Gasteiger partial charge in [-0.25, -0.2) is 0 Å². The molecule has 1 aliphatic rings. The SMILES string of the molecule is CSc1ccc(C(=O)N2CCOC(CCN(C)C)C2)cc1. The molecule has 1 heterocycles. The number of hydrogen-bond acceptors (Lipinski definition) is 4. The highest BCUT2D eigenvalue weighted by molar-refractivity contribution is 7.98. The Kier molecular flexibility index (Phi) is 6.08. The highest BCUT2D eigenvalue weighted by Crippen LogP contribution is 2.17. The van der Waals surface area contributed by atoms with Crippen molar-refractivity contribution >= 4 is 17.7 Å². The van der Waals surface area contributed by atoms with Crippen LogP contribution in [0.4, 0.5) is 0 Å². The predicted molar refractivity (Wildman–Crippen MR) is 87.0 cm³/mol. The predicted octanol–water partition coefficient (Wildman–Crippen LogP) is 2.20. The van der Waals surface area contributed by atoms with E-state index in [1.165, 1.54) is 4.90 Å². The second kappa shape index (κ2) is 7.82. The van der Waals surface area contributed by atoms with Crippen LogP contribution in [0, 0.1) is 0 Å². The minimum absolute atomic E-state index is 0.112. The molecule has 4 nitrogen and oxygen atoms in total. The van der Waals surface area contributed by atoms with Gasteiger partial charge in [-0.1, -0.05) is 0 Å². The summed E-state index contributed by atoms with van der Waals surface area (Å²) in [6, 6.07) is 7.83. The van der Waals surface area contributed by atoms with Crippen LogP contribution in [-0.2, 0) is 4.74 Å². The lowest BCUT2D eigenvalue weighted by molar-refractivity contribution is -0.0269. The van der Waals surface area contributed by atoms with Crippen LogP contribution in [0.15, 0.2) is 29.2 Å². The van der Waals surface area contributed by atoms with Crippen molar-refractivity contribution in [1.82, 2.24) is 9.80 Å². The molecule has 1 aromatic rings. The van der Waals surface area contributed by atoms with Gasteiger partial charge in [-0.15, -0.1) is 11.8 Å².